The summed E-state index contributed by atoms with van der Waals surface area (Å²) in [5.74, 6) is 0.364. The minimum atomic E-state index is -0.378. The van der Waals surface area contributed by atoms with E-state index in [1.165, 1.54) is 32.1 Å². The first-order valence-electron chi connectivity index (χ1n) is 5.82. The average molecular weight is 197 g/mol. The van der Waals surface area contributed by atoms with Crippen molar-refractivity contribution in [2.75, 3.05) is 6.61 Å². The fraction of sp³-hybridized carbons (Fsp3) is 0.917. The van der Waals surface area contributed by atoms with Crippen molar-refractivity contribution in [3.63, 3.8) is 0 Å². The molecule has 2 heteroatoms. The van der Waals surface area contributed by atoms with Crippen LogP contribution in [-0.2, 0) is 9.47 Å². The molecule has 2 nitrogen and oxygen atoms in total. The summed E-state index contributed by atoms with van der Waals surface area (Å²) in [6, 6.07) is 0. The lowest BCUT2D eigenvalue weighted by atomic mass is 9.84. The van der Waals surface area contributed by atoms with Crippen LogP contribution in [0.25, 0.3) is 0 Å². The van der Waals surface area contributed by atoms with E-state index >= 15 is 0 Å². The van der Waals surface area contributed by atoms with Crippen molar-refractivity contribution in [2.24, 2.45) is 5.92 Å². The molecular formula is C12H21O2. The molecule has 1 unspecified atom stereocenters. The van der Waals surface area contributed by atoms with Crippen LogP contribution in [0.1, 0.15) is 46.0 Å². The summed E-state index contributed by atoms with van der Waals surface area (Å²) in [7, 11) is 0. The largest absolute Gasteiger partial charge is 0.350 e. The lowest BCUT2D eigenvalue weighted by molar-refractivity contribution is -0.264. The lowest BCUT2D eigenvalue weighted by Gasteiger charge is -2.40. The maximum atomic E-state index is 5.94. The van der Waals surface area contributed by atoms with E-state index in [2.05, 4.69) is 6.42 Å². The van der Waals surface area contributed by atoms with Crippen molar-refractivity contribution in [2.45, 2.75) is 57.8 Å². The Bertz CT molecular complexity index is 183. The molecule has 0 aromatic rings. The molecular weight excluding hydrogens is 176 g/mol. The monoisotopic (exact) mass is 197 g/mol. The molecule has 0 amide bonds. The zero-order valence-corrected chi connectivity index (χ0v) is 9.29. The van der Waals surface area contributed by atoms with Crippen molar-refractivity contribution in [3.8, 4) is 0 Å². The zero-order chi connectivity index (χ0) is 10.0. The van der Waals surface area contributed by atoms with Gasteiger partial charge in [0.05, 0.1) is 12.7 Å². The summed E-state index contributed by atoms with van der Waals surface area (Å²) in [6.07, 6.45) is 9.34. The van der Waals surface area contributed by atoms with Crippen LogP contribution in [0, 0.1) is 12.3 Å². The third-order valence-corrected chi connectivity index (χ3v) is 3.29. The van der Waals surface area contributed by atoms with E-state index in [9.17, 15) is 0 Å². The minimum Gasteiger partial charge on any atom is -0.350 e. The second-order valence-corrected chi connectivity index (χ2v) is 4.93. The van der Waals surface area contributed by atoms with Gasteiger partial charge in [0.2, 0.25) is 0 Å². The summed E-state index contributed by atoms with van der Waals surface area (Å²) in [6.45, 7) is 4.76. The maximum Gasteiger partial charge on any atom is 0.163 e. The zero-order valence-electron chi connectivity index (χ0n) is 9.29. The van der Waals surface area contributed by atoms with Crippen molar-refractivity contribution < 1.29 is 9.47 Å². The number of ether oxygens (including phenoxy) is 2. The molecule has 81 valence electrons. The smallest absolute Gasteiger partial charge is 0.163 e. The Balaban J connectivity index is 1.89. The highest BCUT2D eigenvalue weighted by molar-refractivity contribution is 4.89. The van der Waals surface area contributed by atoms with Crippen LogP contribution < -0.4 is 0 Å². The highest BCUT2D eigenvalue weighted by atomic mass is 16.7. The van der Waals surface area contributed by atoms with E-state index in [4.69, 9.17) is 9.47 Å². The Morgan fingerprint density at radius 3 is 2.50 bits per heavy atom. The van der Waals surface area contributed by atoms with Gasteiger partial charge in [-0.05, 0) is 32.6 Å². The lowest BCUT2D eigenvalue weighted by Crippen LogP contribution is -2.43. The standard InChI is InChI=1S/C12H21O2/c1-12(2)13-9-8-11(14-12)10-6-4-3-5-7-10/h8,10-11H,3-7,9H2,1-2H3. The van der Waals surface area contributed by atoms with Gasteiger partial charge in [-0.25, -0.2) is 0 Å². The normalized spacial score (nSPS) is 34.3. The maximum absolute atomic E-state index is 5.94. The SMILES string of the molecule is CC1(C)OC[CH]C(C2CCCCC2)O1. The predicted octanol–water partition coefficient (Wildman–Crippen LogP) is 2.92. The minimum absolute atomic E-state index is 0.332. The summed E-state index contributed by atoms with van der Waals surface area (Å²) in [5.41, 5.74) is 0. The van der Waals surface area contributed by atoms with Gasteiger partial charge in [-0.1, -0.05) is 19.3 Å². The molecule has 1 atom stereocenters. The Kier molecular flexibility index (Phi) is 3.13. The summed E-state index contributed by atoms with van der Waals surface area (Å²) in [5, 5.41) is 0. The van der Waals surface area contributed by atoms with E-state index in [0.717, 1.165) is 12.5 Å². The van der Waals surface area contributed by atoms with Gasteiger partial charge < -0.3 is 9.47 Å². The predicted molar refractivity (Wildman–Crippen MR) is 55.8 cm³/mol. The molecule has 0 spiro atoms. The number of hydrogen-bond acceptors (Lipinski definition) is 2. The molecule has 1 heterocycles. The third-order valence-electron chi connectivity index (χ3n) is 3.29. The molecule has 1 radical (unpaired) electrons. The van der Waals surface area contributed by atoms with Gasteiger partial charge in [-0.3, -0.25) is 0 Å². The average Bonchev–Trinajstić information content (AvgIpc) is 2.18. The summed E-state index contributed by atoms with van der Waals surface area (Å²) in [4.78, 5) is 0. The second-order valence-electron chi connectivity index (χ2n) is 4.93. The van der Waals surface area contributed by atoms with Crippen molar-refractivity contribution in [1.29, 1.82) is 0 Å². The van der Waals surface area contributed by atoms with Crippen molar-refractivity contribution in [3.05, 3.63) is 6.42 Å². The molecule has 0 aromatic carbocycles. The molecule has 1 saturated heterocycles. The molecule has 1 saturated carbocycles. The van der Waals surface area contributed by atoms with E-state index in [0.29, 0.717) is 6.10 Å². The Hall–Kier alpha value is -0.0800. The second kappa shape index (κ2) is 4.19. The van der Waals surface area contributed by atoms with Gasteiger partial charge >= 0.3 is 0 Å². The van der Waals surface area contributed by atoms with Gasteiger partial charge in [0.1, 0.15) is 0 Å². The number of rotatable bonds is 1. The van der Waals surface area contributed by atoms with Crippen LogP contribution in [0.2, 0.25) is 0 Å². The van der Waals surface area contributed by atoms with E-state index in [1.54, 1.807) is 0 Å². The Labute approximate surface area is 87.0 Å². The van der Waals surface area contributed by atoms with Crippen LogP contribution in [0.4, 0.5) is 0 Å². The third kappa shape index (κ3) is 2.48. The van der Waals surface area contributed by atoms with Gasteiger partial charge in [0.25, 0.3) is 0 Å². The van der Waals surface area contributed by atoms with Gasteiger partial charge in [0, 0.05) is 6.42 Å². The van der Waals surface area contributed by atoms with Crippen LogP contribution >= 0.6 is 0 Å². The highest BCUT2D eigenvalue weighted by Gasteiger charge is 2.34. The quantitative estimate of drug-likeness (QED) is 0.643. The molecule has 1 aliphatic carbocycles. The molecule has 0 aromatic heterocycles. The highest BCUT2D eigenvalue weighted by Crippen LogP contribution is 2.33. The summed E-state index contributed by atoms with van der Waals surface area (Å²) >= 11 is 0. The van der Waals surface area contributed by atoms with Crippen LogP contribution in [0.3, 0.4) is 0 Å². The fourth-order valence-corrected chi connectivity index (χ4v) is 2.50. The Morgan fingerprint density at radius 1 is 1.14 bits per heavy atom. The van der Waals surface area contributed by atoms with E-state index in [1.807, 2.05) is 13.8 Å². The molecule has 0 bridgehead atoms. The first-order valence-corrected chi connectivity index (χ1v) is 5.82. The van der Waals surface area contributed by atoms with Crippen LogP contribution in [-0.4, -0.2) is 18.5 Å². The molecule has 1 aliphatic heterocycles. The summed E-state index contributed by atoms with van der Waals surface area (Å²) < 4.78 is 11.4. The van der Waals surface area contributed by atoms with E-state index in [-0.39, 0.29) is 5.79 Å². The Morgan fingerprint density at radius 2 is 1.86 bits per heavy atom. The molecule has 2 fully saturated rings. The molecule has 2 aliphatic rings. The van der Waals surface area contributed by atoms with Crippen LogP contribution in [0.5, 0.6) is 0 Å². The van der Waals surface area contributed by atoms with Gasteiger partial charge in [0.15, 0.2) is 5.79 Å². The first kappa shape index (κ1) is 10.4. The fourth-order valence-electron chi connectivity index (χ4n) is 2.50. The van der Waals surface area contributed by atoms with Crippen molar-refractivity contribution >= 4 is 0 Å². The first-order chi connectivity index (χ1) is 6.67. The topological polar surface area (TPSA) is 18.5 Å². The number of hydrogen-bond donors (Lipinski definition) is 0. The van der Waals surface area contributed by atoms with Crippen molar-refractivity contribution in [1.82, 2.24) is 0 Å². The van der Waals surface area contributed by atoms with Crippen LogP contribution in [0.15, 0.2) is 0 Å². The van der Waals surface area contributed by atoms with Gasteiger partial charge in [-0.15, -0.1) is 0 Å². The molecule has 14 heavy (non-hydrogen) atoms. The molecule has 2 rings (SSSR count). The molecule has 0 N–H and O–H groups in total. The van der Waals surface area contributed by atoms with E-state index < -0.39 is 0 Å². The van der Waals surface area contributed by atoms with Gasteiger partial charge in [-0.2, -0.15) is 0 Å².